The average molecular weight is 404 g/mol. The number of aromatic nitrogens is 4. The van der Waals surface area contributed by atoms with E-state index in [9.17, 15) is 4.79 Å². The number of hydrogen-bond donors (Lipinski definition) is 1. The Hall–Kier alpha value is -3.06. The third-order valence-electron chi connectivity index (χ3n) is 5.19. The minimum absolute atomic E-state index is 0.0795. The molecule has 3 heterocycles. The van der Waals surface area contributed by atoms with Gasteiger partial charge in [-0.3, -0.25) is 14.5 Å². The molecule has 0 saturated heterocycles. The Balaban J connectivity index is 1.65. The van der Waals surface area contributed by atoms with Crippen molar-refractivity contribution in [3.63, 3.8) is 0 Å². The highest BCUT2D eigenvalue weighted by molar-refractivity contribution is 7.11. The molecular weight excluding hydrogens is 382 g/mol. The molecule has 1 aromatic carbocycles. The first-order valence-electron chi connectivity index (χ1n) is 9.83. The topological polar surface area (TPSA) is 72.7 Å². The van der Waals surface area contributed by atoms with E-state index >= 15 is 0 Å². The van der Waals surface area contributed by atoms with Crippen molar-refractivity contribution in [1.29, 1.82) is 0 Å². The highest BCUT2D eigenvalue weighted by atomic mass is 32.1. The summed E-state index contributed by atoms with van der Waals surface area (Å²) in [6, 6.07) is 12.2. The van der Waals surface area contributed by atoms with Crippen molar-refractivity contribution in [2.75, 3.05) is 5.32 Å². The van der Waals surface area contributed by atoms with Crippen molar-refractivity contribution in [2.24, 2.45) is 13.0 Å². The van der Waals surface area contributed by atoms with Crippen molar-refractivity contribution in [1.82, 2.24) is 19.1 Å². The fourth-order valence-corrected chi connectivity index (χ4v) is 4.30. The molecule has 1 fully saturated rings. The van der Waals surface area contributed by atoms with Gasteiger partial charge in [0.2, 0.25) is 5.91 Å². The third kappa shape index (κ3) is 3.42. The van der Waals surface area contributed by atoms with Crippen molar-refractivity contribution in [2.45, 2.75) is 26.2 Å². The van der Waals surface area contributed by atoms with Gasteiger partial charge in [-0.05, 0) is 55.1 Å². The average Bonchev–Trinajstić information content (AvgIpc) is 3.40. The molecule has 7 heteroatoms. The third-order valence-corrected chi connectivity index (χ3v) is 5.96. The molecule has 0 spiro atoms. The zero-order valence-corrected chi connectivity index (χ0v) is 17.2. The van der Waals surface area contributed by atoms with E-state index in [4.69, 9.17) is 9.36 Å². The Labute approximate surface area is 172 Å². The molecule has 0 unspecified atom stereocenters. The number of nitrogens with one attached hydrogen (secondary N) is 1. The molecule has 1 aliphatic rings. The van der Waals surface area contributed by atoms with Gasteiger partial charge in [0.25, 0.3) is 0 Å². The summed E-state index contributed by atoms with van der Waals surface area (Å²) in [5, 5.41) is 9.38. The second-order valence-electron chi connectivity index (χ2n) is 7.44. The van der Waals surface area contributed by atoms with Gasteiger partial charge in [0.1, 0.15) is 5.00 Å². The van der Waals surface area contributed by atoms with Gasteiger partial charge in [0.05, 0.1) is 22.5 Å². The number of hydrogen-bond acceptors (Lipinski definition) is 5. The van der Waals surface area contributed by atoms with Gasteiger partial charge in [-0.2, -0.15) is 9.47 Å². The van der Waals surface area contributed by atoms with Crippen LogP contribution in [0.5, 0.6) is 0 Å². The number of amides is 1. The van der Waals surface area contributed by atoms with Crippen LogP contribution >= 0.6 is 11.5 Å². The lowest BCUT2D eigenvalue weighted by Gasteiger charge is -2.09. The molecule has 5 rings (SSSR count). The maximum Gasteiger partial charge on any atom is 0.228 e. The van der Waals surface area contributed by atoms with Crippen LogP contribution in [-0.4, -0.2) is 25.0 Å². The number of rotatable bonds is 5. The molecule has 1 aliphatic carbocycles. The van der Waals surface area contributed by atoms with Crippen LogP contribution in [-0.2, 0) is 18.3 Å². The standard InChI is InChI=1S/C22H21N5OS/c1-3-16-5-4-6-18(23-16)19-20(26-29-22(19)24-21(28)13-7-8-13)14-9-10-17-15(11-14)12-27(2)25-17/h4-6,9-13H,3,7-8H2,1-2H3,(H,24,28). The molecule has 1 N–H and O–H groups in total. The molecule has 1 saturated carbocycles. The summed E-state index contributed by atoms with van der Waals surface area (Å²) in [6.07, 6.45) is 4.78. The minimum atomic E-state index is 0.0795. The van der Waals surface area contributed by atoms with Crippen LogP contribution < -0.4 is 5.32 Å². The lowest BCUT2D eigenvalue weighted by atomic mass is 10.0. The maximum atomic E-state index is 12.4. The fraction of sp³-hybridized carbons (Fsp3) is 0.273. The van der Waals surface area contributed by atoms with Gasteiger partial charge < -0.3 is 5.32 Å². The zero-order valence-electron chi connectivity index (χ0n) is 16.3. The lowest BCUT2D eigenvalue weighted by Crippen LogP contribution is -2.13. The smallest absolute Gasteiger partial charge is 0.228 e. The monoisotopic (exact) mass is 403 g/mol. The Bertz CT molecular complexity index is 1220. The summed E-state index contributed by atoms with van der Waals surface area (Å²) in [6.45, 7) is 2.09. The van der Waals surface area contributed by atoms with Crippen LogP contribution in [0.25, 0.3) is 33.4 Å². The maximum absolute atomic E-state index is 12.4. The molecule has 0 radical (unpaired) electrons. The molecule has 0 atom stereocenters. The van der Waals surface area contributed by atoms with Crippen molar-refractivity contribution in [3.8, 4) is 22.5 Å². The van der Waals surface area contributed by atoms with Gasteiger partial charge in [-0.1, -0.05) is 19.1 Å². The van der Waals surface area contributed by atoms with Crippen LogP contribution in [0, 0.1) is 5.92 Å². The lowest BCUT2D eigenvalue weighted by molar-refractivity contribution is -0.117. The highest BCUT2D eigenvalue weighted by Crippen LogP contribution is 2.41. The van der Waals surface area contributed by atoms with Gasteiger partial charge in [0.15, 0.2) is 0 Å². The quantitative estimate of drug-likeness (QED) is 0.526. The molecule has 29 heavy (non-hydrogen) atoms. The number of pyridine rings is 1. The Morgan fingerprint density at radius 2 is 2.14 bits per heavy atom. The number of aryl methyl sites for hydroxylation is 2. The molecule has 3 aromatic heterocycles. The SMILES string of the molecule is CCc1cccc(-c2c(-c3ccc4nn(C)cc4c3)nsc2NC(=O)C2CC2)n1. The number of benzene rings is 1. The second kappa shape index (κ2) is 7.08. The first-order chi connectivity index (χ1) is 14.1. The Morgan fingerprint density at radius 3 is 2.93 bits per heavy atom. The molecule has 1 amide bonds. The van der Waals surface area contributed by atoms with Gasteiger partial charge >= 0.3 is 0 Å². The summed E-state index contributed by atoms with van der Waals surface area (Å²) >= 11 is 1.32. The van der Waals surface area contributed by atoms with Crippen LogP contribution in [0.1, 0.15) is 25.5 Å². The molecule has 0 bridgehead atoms. The van der Waals surface area contributed by atoms with Crippen molar-refractivity contribution >= 4 is 33.3 Å². The largest absolute Gasteiger partial charge is 0.316 e. The number of fused-ring (bicyclic) bond motifs is 1. The predicted molar refractivity (Wildman–Crippen MR) is 116 cm³/mol. The van der Waals surface area contributed by atoms with Crippen molar-refractivity contribution in [3.05, 3.63) is 48.3 Å². The van der Waals surface area contributed by atoms with Crippen LogP contribution in [0.15, 0.2) is 42.6 Å². The van der Waals surface area contributed by atoms with E-state index < -0.39 is 0 Å². The van der Waals surface area contributed by atoms with E-state index in [0.29, 0.717) is 0 Å². The van der Waals surface area contributed by atoms with Gasteiger partial charge in [-0.15, -0.1) is 0 Å². The van der Waals surface area contributed by atoms with E-state index in [1.807, 2.05) is 48.3 Å². The molecule has 6 nitrogen and oxygen atoms in total. The first-order valence-corrected chi connectivity index (χ1v) is 10.6. The molecular formula is C22H21N5OS. The van der Waals surface area contributed by atoms with Crippen LogP contribution in [0.4, 0.5) is 5.00 Å². The first kappa shape index (κ1) is 18.0. The van der Waals surface area contributed by atoms with E-state index in [-0.39, 0.29) is 11.8 Å². The Kier molecular flexibility index (Phi) is 4.39. The van der Waals surface area contributed by atoms with Gasteiger partial charge in [0, 0.05) is 35.8 Å². The van der Waals surface area contributed by atoms with Gasteiger partial charge in [-0.25, -0.2) is 0 Å². The highest BCUT2D eigenvalue weighted by Gasteiger charge is 2.31. The van der Waals surface area contributed by atoms with E-state index in [1.165, 1.54) is 11.5 Å². The number of carbonyl (C=O) groups is 1. The van der Waals surface area contributed by atoms with E-state index in [0.717, 1.165) is 63.4 Å². The number of nitrogens with zero attached hydrogens (tertiary/aromatic N) is 4. The van der Waals surface area contributed by atoms with E-state index in [2.05, 4.69) is 23.4 Å². The van der Waals surface area contributed by atoms with Crippen LogP contribution in [0.3, 0.4) is 0 Å². The van der Waals surface area contributed by atoms with Crippen LogP contribution in [0.2, 0.25) is 0 Å². The second-order valence-corrected chi connectivity index (χ2v) is 8.22. The zero-order chi connectivity index (χ0) is 20.0. The molecule has 4 aromatic rings. The summed E-state index contributed by atoms with van der Waals surface area (Å²) in [4.78, 5) is 17.3. The normalized spacial score (nSPS) is 13.7. The minimum Gasteiger partial charge on any atom is -0.316 e. The number of carbonyl (C=O) groups excluding carboxylic acids is 1. The molecule has 146 valence electrons. The summed E-state index contributed by atoms with van der Waals surface area (Å²) < 4.78 is 6.53. The number of anilines is 1. The van der Waals surface area contributed by atoms with E-state index in [1.54, 1.807) is 0 Å². The fourth-order valence-electron chi connectivity index (χ4n) is 3.48. The predicted octanol–water partition coefficient (Wildman–Crippen LogP) is 4.67. The molecule has 0 aliphatic heterocycles. The summed E-state index contributed by atoms with van der Waals surface area (Å²) in [7, 11) is 1.92. The Morgan fingerprint density at radius 1 is 1.28 bits per heavy atom. The summed E-state index contributed by atoms with van der Waals surface area (Å²) in [5.41, 5.74) is 5.52. The summed E-state index contributed by atoms with van der Waals surface area (Å²) in [5.74, 6) is 0.214. The van der Waals surface area contributed by atoms with Crippen molar-refractivity contribution < 1.29 is 4.79 Å².